The third-order valence-corrected chi connectivity index (χ3v) is 6.80. The van der Waals surface area contributed by atoms with E-state index < -0.39 is 0 Å². The van der Waals surface area contributed by atoms with Gasteiger partial charge in [-0.1, -0.05) is 25.0 Å². The number of nitrogens with zero attached hydrogens (tertiary/aromatic N) is 3. The molecule has 0 N–H and O–H groups in total. The van der Waals surface area contributed by atoms with E-state index in [-0.39, 0.29) is 5.91 Å². The van der Waals surface area contributed by atoms with E-state index in [1.54, 1.807) is 18.4 Å². The van der Waals surface area contributed by atoms with Crippen LogP contribution in [0.25, 0.3) is 0 Å². The molecule has 26 heavy (non-hydrogen) atoms. The van der Waals surface area contributed by atoms with Crippen molar-refractivity contribution in [1.29, 1.82) is 0 Å². The van der Waals surface area contributed by atoms with Crippen molar-refractivity contribution < 1.29 is 9.53 Å². The Hall–Kier alpha value is -1.95. The number of hydrogen-bond acceptors (Lipinski definition) is 5. The summed E-state index contributed by atoms with van der Waals surface area (Å²) in [5, 5.41) is 11.3. The Balaban J connectivity index is 1.48. The molecule has 1 saturated heterocycles. The molecule has 2 fully saturated rings. The Bertz CT molecular complexity index is 770. The Labute approximate surface area is 158 Å². The molecule has 1 aromatic carbocycles. The summed E-state index contributed by atoms with van der Waals surface area (Å²) >= 11 is 1.77. The minimum Gasteiger partial charge on any atom is -0.496 e. The number of hydrogen-bond donors (Lipinski definition) is 0. The van der Waals surface area contributed by atoms with E-state index in [1.165, 1.54) is 30.7 Å². The molecule has 1 aromatic heterocycles. The average molecular weight is 372 g/mol. The number of ether oxygens (including phenoxy) is 1. The maximum absolute atomic E-state index is 13.0. The lowest BCUT2D eigenvalue weighted by atomic mass is 9.98. The standard InChI is InChI=1S/C20H25N3O2S/c1-25-17-11-5-4-10-16(17)20(24)23-12-6-9-15(13-23)19-22-21-18(26-19)14-7-2-3-8-14/h4-5,10-11,14-15H,2-3,6-9,12-13H2,1H3. The molecule has 2 aromatic rings. The molecule has 1 saturated carbocycles. The zero-order chi connectivity index (χ0) is 17.9. The highest BCUT2D eigenvalue weighted by Gasteiger charge is 2.30. The Morgan fingerprint density at radius 1 is 1.08 bits per heavy atom. The van der Waals surface area contributed by atoms with Gasteiger partial charge in [0.15, 0.2) is 0 Å². The van der Waals surface area contributed by atoms with E-state index in [4.69, 9.17) is 4.74 Å². The topological polar surface area (TPSA) is 55.3 Å². The first-order valence-corrected chi connectivity index (χ1v) is 10.3. The van der Waals surface area contributed by atoms with Gasteiger partial charge in [-0.3, -0.25) is 4.79 Å². The fraction of sp³-hybridized carbons (Fsp3) is 0.550. The van der Waals surface area contributed by atoms with E-state index in [0.29, 0.717) is 23.1 Å². The lowest BCUT2D eigenvalue weighted by Gasteiger charge is -2.32. The maximum atomic E-state index is 13.0. The van der Waals surface area contributed by atoms with Gasteiger partial charge in [-0.25, -0.2) is 0 Å². The molecular weight excluding hydrogens is 346 g/mol. The Kier molecular flexibility index (Phi) is 5.20. The molecule has 0 spiro atoms. The third kappa shape index (κ3) is 3.47. The SMILES string of the molecule is COc1ccccc1C(=O)N1CCCC(c2nnc(C3CCCC3)s2)C1. The van der Waals surface area contributed by atoms with Gasteiger partial charge in [0.25, 0.3) is 5.91 Å². The number of aromatic nitrogens is 2. The number of likely N-dealkylation sites (tertiary alicyclic amines) is 1. The van der Waals surface area contributed by atoms with Crippen LogP contribution in [0, 0.1) is 0 Å². The quantitative estimate of drug-likeness (QED) is 0.807. The van der Waals surface area contributed by atoms with Crippen LogP contribution in [0.15, 0.2) is 24.3 Å². The number of rotatable bonds is 4. The number of benzene rings is 1. The lowest BCUT2D eigenvalue weighted by molar-refractivity contribution is 0.0703. The minimum atomic E-state index is 0.0488. The number of piperidine rings is 1. The normalized spacial score (nSPS) is 21.1. The summed E-state index contributed by atoms with van der Waals surface area (Å²) in [6.07, 6.45) is 7.20. The molecule has 1 aliphatic heterocycles. The van der Waals surface area contributed by atoms with E-state index in [9.17, 15) is 4.79 Å². The molecule has 2 aliphatic rings. The van der Waals surface area contributed by atoms with Crippen LogP contribution < -0.4 is 4.74 Å². The van der Waals surface area contributed by atoms with Gasteiger partial charge in [-0.15, -0.1) is 21.5 Å². The minimum absolute atomic E-state index is 0.0488. The first-order valence-electron chi connectivity index (χ1n) is 9.52. The molecule has 2 heterocycles. The summed E-state index contributed by atoms with van der Waals surface area (Å²) in [4.78, 5) is 14.9. The first-order chi connectivity index (χ1) is 12.8. The Morgan fingerprint density at radius 2 is 1.77 bits per heavy atom. The molecular formula is C20H25N3O2S. The van der Waals surface area contributed by atoms with Crippen molar-refractivity contribution in [1.82, 2.24) is 15.1 Å². The third-order valence-electron chi connectivity index (χ3n) is 5.56. The molecule has 0 radical (unpaired) electrons. The van der Waals surface area contributed by atoms with Crippen LogP contribution in [0.1, 0.15) is 70.7 Å². The van der Waals surface area contributed by atoms with E-state index in [1.807, 2.05) is 29.2 Å². The molecule has 138 valence electrons. The van der Waals surface area contributed by atoms with Crippen molar-refractivity contribution in [2.24, 2.45) is 0 Å². The lowest BCUT2D eigenvalue weighted by Crippen LogP contribution is -2.39. The monoisotopic (exact) mass is 371 g/mol. The first kappa shape index (κ1) is 17.5. The predicted octanol–water partition coefficient (Wildman–Crippen LogP) is 4.22. The van der Waals surface area contributed by atoms with Gasteiger partial charge in [-0.2, -0.15) is 0 Å². The summed E-state index contributed by atoms with van der Waals surface area (Å²) in [6, 6.07) is 7.46. The van der Waals surface area contributed by atoms with E-state index >= 15 is 0 Å². The van der Waals surface area contributed by atoms with Gasteiger partial charge in [-0.05, 0) is 37.8 Å². The van der Waals surface area contributed by atoms with Crippen molar-refractivity contribution in [3.63, 3.8) is 0 Å². The van der Waals surface area contributed by atoms with Gasteiger partial charge in [0.2, 0.25) is 0 Å². The predicted molar refractivity (Wildman–Crippen MR) is 102 cm³/mol. The van der Waals surface area contributed by atoms with Gasteiger partial charge >= 0.3 is 0 Å². The fourth-order valence-corrected chi connectivity index (χ4v) is 5.24. The number of carbonyl (C=O) groups is 1. The summed E-state index contributed by atoms with van der Waals surface area (Å²) in [7, 11) is 1.61. The number of para-hydroxylation sites is 1. The zero-order valence-electron chi connectivity index (χ0n) is 15.2. The van der Waals surface area contributed by atoms with Crippen molar-refractivity contribution in [3.8, 4) is 5.75 Å². The molecule has 0 bridgehead atoms. The summed E-state index contributed by atoms with van der Waals surface area (Å²) in [6.45, 7) is 1.51. The highest BCUT2D eigenvalue weighted by Crippen LogP contribution is 2.38. The highest BCUT2D eigenvalue weighted by molar-refractivity contribution is 7.11. The summed E-state index contributed by atoms with van der Waals surface area (Å²) in [5.41, 5.74) is 0.638. The molecule has 1 aliphatic carbocycles. The largest absolute Gasteiger partial charge is 0.496 e. The Morgan fingerprint density at radius 3 is 2.54 bits per heavy atom. The van der Waals surface area contributed by atoms with Crippen molar-refractivity contribution in [2.45, 2.75) is 50.4 Å². The molecule has 4 rings (SSSR count). The van der Waals surface area contributed by atoms with E-state index in [0.717, 1.165) is 30.9 Å². The van der Waals surface area contributed by atoms with Crippen molar-refractivity contribution in [3.05, 3.63) is 39.8 Å². The second kappa shape index (κ2) is 7.74. The van der Waals surface area contributed by atoms with Gasteiger partial charge in [0.05, 0.1) is 12.7 Å². The van der Waals surface area contributed by atoms with E-state index in [2.05, 4.69) is 10.2 Å². The van der Waals surface area contributed by atoms with Crippen LogP contribution in [0.4, 0.5) is 0 Å². The van der Waals surface area contributed by atoms with Crippen LogP contribution >= 0.6 is 11.3 Å². The molecule has 1 amide bonds. The van der Waals surface area contributed by atoms with Gasteiger partial charge in [0.1, 0.15) is 15.8 Å². The number of methoxy groups -OCH3 is 1. The molecule has 1 unspecified atom stereocenters. The van der Waals surface area contributed by atoms with Gasteiger partial charge in [0, 0.05) is 24.9 Å². The zero-order valence-corrected chi connectivity index (χ0v) is 16.0. The molecule has 1 atom stereocenters. The van der Waals surface area contributed by atoms with Crippen molar-refractivity contribution >= 4 is 17.2 Å². The molecule has 6 heteroatoms. The second-order valence-electron chi connectivity index (χ2n) is 7.25. The van der Waals surface area contributed by atoms with Crippen LogP contribution in [-0.2, 0) is 0 Å². The van der Waals surface area contributed by atoms with Crippen molar-refractivity contribution in [2.75, 3.05) is 20.2 Å². The number of carbonyl (C=O) groups excluding carboxylic acids is 1. The highest BCUT2D eigenvalue weighted by atomic mass is 32.1. The summed E-state index contributed by atoms with van der Waals surface area (Å²) < 4.78 is 5.36. The fourth-order valence-electron chi connectivity index (χ4n) is 4.10. The summed E-state index contributed by atoms with van der Waals surface area (Å²) in [5.74, 6) is 1.60. The van der Waals surface area contributed by atoms with Crippen LogP contribution in [0.2, 0.25) is 0 Å². The van der Waals surface area contributed by atoms with Crippen LogP contribution in [0.3, 0.4) is 0 Å². The number of amides is 1. The maximum Gasteiger partial charge on any atom is 0.257 e. The smallest absolute Gasteiger partial charge is 0.257 e. The molecule has 5 nitrogen and oxygen atoms in total. The van der Waals surface area contributed by atoms with Crippen LogP contribution in [-0.4, -0.2) is 41.2 Å². The van der Waals surface area contributed by atoms with Gasteiger partial charge < -0.3 is 9.64 Å². The van der Waals surface area contributed by atoms with Crippen LogP contribution in [0.5, 0.6) is 5.75 Å². The average Bonchev–Trinajstić information content (AvgIpc) is 3.39. The second-order valence-corrected chi connectivity index (χ2v) is 8.29.